The number of phenols is 1. The molecule has 0 spiro atoms. The molecule has 0 bridgehead atoms. The van der Waals surface area contributed by atoms with Crippen molar-refractivity contribution in [3.8, 4) is 17.1 Å². The molecule has 1 aromatic heterocycles. The zero-order valence-electron chi connectivity index (χ0n) is 11.7. The van der Waals surface area contributed by atoms with Gasteiger partial charge in [-0.05, 0) is 36.8 Å². The Morgan fingerprint density at radius 1 is 1.14 bits per heavy atom. The van der Waals surface area contributed by atoms with Crippen molar-refractivity contribution in [2.45, 2.75) is 13.5 Å². The molecule has 0 fully saturated rings. The molecule has 0 atom stereocenters. The zero-order chi connectivity index (χ0) is 14.7. The Morgan fingerprint density at radius 3 is 2.67 bits per heavy atom. The van der Waals surface area contributed by atoms with E-state index in [1.807, 2.05) is 49.4 Å². The van der Waals surface area contributed by atoms with Crippen LogP contribution in [0.15, 0.2) is 59.5 Å². The predicted octanol–water partition coefficient (Wildman–Crippen LogP) is 3.97. The number of benzene rings is 2. The van der Waals surface area contributed by atoms with Crippen molar-refractivity contribution in [2.75, 3.05) is 5.32 Å². The van der Waals surface area contributed by atoms with Crippen LogP contribution in [0.1, 0.15) is 11.1 Å². The maximum atomic E-state index is 9.99. The summed E-state index contributed by atoms with van der Waals surface area (Å²) < 4.78 is 5.25. The molecule has 4 heteroatoms. The number of nitrogens with zero attached hydrogens (tertiary/aromatic N) is 1. The predicted molar refractivity (Wildman–Crippen MR) is 82.1 cm³/mol. The first-order valence-corrected chi connectivity index (χ1v) is 6.74. The van der Waals surface area contributed by atoms with Crippen molar-refractivity contribution in [3.63, 3.8) is 0 Å². The van der Waals surface area contributed by atoms with E-state index < -0.39 is 0 Å². The molecular formula is C17H16N2O2. The zero-order valence-corrected chi connectivity index (χ0v) is 11.7. The molecule has 0 aliphatic heterocycles. The highest BCUT2D eigenvalue weighted by atomic mass is 16.3. The fourth-order valence-corrected chi connectivity index (χ4v) is 2.17. The third kappa shape index (κ3) is 2.89. The fraction of sp³-hybridized carbons (Fsp3) is 0.118. The summed E-state index contributed by atoms with van der Waals surface area (Å²) in [6.07, 6.45) is 3.11. The first-order valence-electron chi connectivity index (χ1n) is 6.74. The molecule has 2 N–H and O–H groups in total. The van der Waals surface area contributed by atoms with Gasteiger partial charge in [0, 0.05) is 23.4 Å². The van der Waals surface area contributed by atoms with Crippen molar-refractivity contribution in [2.24, 2.45) is 0 Å². The number of hydrogen-bond acceptors (Lipinski definition) is 4. The van der Waals surface area contributed by atoms with Gasteiger partial charge in [0.2, 0.25) is 0 Å². The summed E-state index contributed by atoms with van der Waals surface area (Å²) in [4.78, 5) is 3.90. The summed E-state index contributed by atoms with van der Waals surface area (Å²) in [5.41, 5.74) is 3.74. The number of oxazole rings is 1. The average molecular weight is 280 g/mol. The Balaban J connectivity index is 1.70. The Labute approximate surface area is 123 Å². The lowest BCUT2D eigenvalue weighted by Crippen LogP contribution is -2.00. The Morgan fingerprint density at radius 2 is 1.95 bits per heavy atom. The molecular weight excluding hydrogens is 264 g/mol. The highest BCUT2D eigenvalue weighted by Crippen LogP contribution is 2.24. The number of rotatable bonds is 4. The SMILES string of the molecule is Cc1cccc(CNc2ccc(-c3cnco3)cc2)c1O. The standard InChI is InChI=1S/C17H16N2O2/c1-12-3-2-4-14(17(12)20)9-19-15-7-5-13(6-8-15)16-10-18-11-21-16/h2-8,10-11,19-20H,9H2,1H3. The van der Waals surface area contributed by atoms with Crippen molar-refractivity contribution in [1.82, 2.24) is 4.98 Å². The first-order chi connectivity index (χ1) is 10.2. The third-order valence-electron chi connectivity index (χ3n) is 3.41. The highest BCUT2D eigenvalue weighted by molar-refractivity contribution is 5.60. The minimum absolute atomic E-state index is 0.350. The van der Waals surface area contributed by atoms with Gasteiger partial charge in [-0.2, -0.15) is 0 Å². The average Bonchev–Trinajstić information content (AvgIpc) is 3.04. The molecule has 3 rings (SSSR count). The summed E-state index contributed by atoms with van der Waals surface area (Å²) >= 11 is 0. The monoisotopic (exact) mass is 280 g/mol. The van der Waals surface area contributed by atoms with E-state index in [0.717, 1.165) is 28.1 Å². The topological polar surface area (TPSA) is 58.3 Å². The van der Waals surface area contributed by atoms with Crippen LogP contribution in [0, 0.1) is 6.92 Å². The smallest absolute Gasteiger partial charge is 0.181 e. The minimum atomic E-state index is 0.350. The van der Waals surface area contributed by atoms with Crippen LogP contribution in [0.4, 0.5) is 5.69 Å². The van der Waals surface area contributed by atoms with E-state index in [0.29, 0.717) is 12.3 Å². The van der Waals surface area contributed by atoms with E-state index in [1.165, 1.54) is 6.39 Å². The van der Waals surface area contributed by atoms with E-state index in [1.54, 1.807) is 6.20 Å². The summed E-state index contributed by atoms with van der Waals surface area (Å²) in [6.45, 7) is 2.47. The Hall–Kier alpha value is -2.75. The molecule has 3 aromatic rings. The quantitative estimate of drug-likeness (QED) is 0.759. The van der Waals surface area contributed by atoms with Crippen molar-refractivity contribution in [3.05, 3.63) is 66.2 Å². The molecule has 0 radical (unpaired) electrons. The van der Waals surface area contributed by atoms with Gasteiger partial charge in [0.05, 0.1) is 6.20 Å². The van der Waals surface area contributed by atoms with Gasteiger partial charge in [-0.15, -0.1) is 0 Å². The number of aryl methyl sites for hydroxylation is 1. The van der Waals surface area contributed by atoms with E-state index in [4.69, 9.17) is 4.42 Å². The summed E-state index contributed by atoms with van der Waals surface area (Å²) in [7, 11) is 0. The molecule has 21 heavy (non-hydrogen) atoms. The first kappa shape index (κ1) is 13.2. The number of hydrogen-bond donors (Lipinski definition) is 2. The molecule has 106 valence electrons. The molecule has 0 aliphatic rings. The van der Waals surface area contributed by atoms with Gasteiger partial charge >= 0.3 is 0 Å². The molecule has 0 saturated heterocycles. The van der Waals surface area contributed by atoms with Gasteiger partial charge in [-0.1, -0.05) is 18.2 Å². The lowest BCUT2D eigenvalue weighted by atomic mass is 10.1. The van der Waals surface area contributed by atoms with Gasteiger partial charge in [-0.25, -0.2) is 4.98 Å². The number of aromatic nitrogens is 1. The minimum Gasteiger partial charge on any atom is -0.507 e. The number of nitrogens with one attached hydrogen (secondary N) is 1. The summed E-state index contributed by atoms with van der Waals surface area (Å²) in [5.74, 6) is 1.10. The van der Waals surface area contributed by atoms with Gasteiger partial charge < -0.3 is 14.8 Å². The molecule has 2 aromatic carbocycles. The van der Waals surface area contributed by atoms with Gasteiger partial charge in [0.25, 0.3) is 0 Å². The van der Waals surface area contributed by atoms with Crippen molar-refractivity contribution >= 4 is 5.69 Å². The van der Waals surface area contributed by atoms with Crippen LogP contribution >= 0.6 is 0 Å². The molecule has 4 nitrogen and oxygen atoms in total. The van der Waals surface area contributed by atoms with E-state index in [-0.39, 0.29) is 0 Å². The molecule has 0 amide bonds. The van der Waals surface area contributed by atoms with Gasteiger partial charge in [0.1, 0.15) is 5.75 Å². The van der Waals surface area contributed by atoms with Crippen LogP contribution in [-0.2, 0) is 6.54 Å². The number of anilines is 1. The molecule has 0 saturated carbocycles. The van der Waals surface area contributed by atoms with E-state index >= 15 is 0 Å². The largest absolute Gasteiger partial charge is 0.507 e. The maximum Gasteiger partial charge on any atom is 0.181 e. The lowest BCUT2D eigenvalue weighted by molar-refractivity contribution is 0.465. The molecule has 1 heterocycles. The number of para-hydroxylation sites is 1. The van der Waals surface area contributed by atoms with Gasteiger partial charge in [0.15, 0.2) is 12.2 Å². The summed E-state index contributed by atoms with van der Waals surface area (Å²) in [5, 5.41) is 13.3. The van der Waals surface area contributed by atoms with Gasteiger partial charge in [-0.3, -0.25) is 0 Å². The lowest BCUT2D eigenvalue weighted by Gasteiger charge is -2.10. The second-order valence-corrected chi connectivity index (χ2v) is 4.88. The van der Waals surface area contributed by atoms with Crippen LogP contribution in [-0.4, -0.2) is 10.1 Å². The summed E-state index contributed by atoms with van der Waals surface area (Å²) in [6, 6.07) is 13.6. The number of aromatic hydroxyl groups is 1. The van der Waals surface area contributed by atoms with E-state index in [9.17, 15) is 5.11 Å². The van der Waals surface area contributed by atoms with Crippen LogP contribution in [0.2, 0.25) is 0 Å². The van der Waals surface area contributed by atoms with Crippen molar-refractivity contribution < 1.29 is 9.52 Å². The fourth-order valence-electron chi connectivity index (χ4n) is 2.17. The van der Waals surface area contributed by atoms with Crippen LogP contribution in [0.25, 0.3) is 11.3 Å². The van der Waals surface area contributed by atoms with E-state index in [2.05, 4.69) is 10.3 Å². The molecule has 0 aliphatic carbocycles. The van der Waals surface area contributed by atoms with Crippen LogP contribution in [0.5, 0.6) is 5.75 Å². The second-order valence-electron chi connectivity index (χ2n) is 4.88. The normalized spacial score (nSPS) is 10.5. The molecule has 0 unspecified atom stereocenters. The van der Waals surface area contributed by atoms with Crippen LogP contribution < -0.4 is 5.32 Å². The highest BCUT2D eigenvalue weighted by Gasteiger charge is 2.04. The maximum absolute atomic E-state index is 9.99. The van der Waals surface area contributed by atoms with Crippen molar-refractivity contribution in [1.29, 1.82) is 0 Å². The third-order valence-corrected chi connectivity index (χ3v) is 3.41. The van der Waals surface area contributed by atoms with Crippen LogP contribution in [0.3, 0.4) is 0 Å². The Kier molecular flexibility index (Phi) is 3.60. The Bertz CT molecular complexity index is 719. The second kappa shape index (κ2) is 5.71. The number of phenolic OH excluding ortho intramolecular Hbond substituents is 1.